The molecular formula is C11H10F11N. The Morgan fingerprint density at radius 2 is 1.00 bits per heavy atom. The number of alkyl halides is 9. The molecule has 0 N–H and O–H groups in total. The van der Waals surface area contributed by atoms with Crippen molar-refractivity contribution in [3.8, 4) is 0 Å². The van der Waals surface area contributed by atoms with E-state index < -0.39 is 54.5 Å². The van der Waals surface area contributed by atoms with Crippen LogP contribution in [-0.2, 0) is 0 Å². The first-order valence-corrected chi connectivity index (χ1v) is 5.85. The number of halogens is 11. The SMILES string of the molecule is CCN(CC)/C(F)=C(\C(=C(/F)C(F)(F)F)C(F)(F)F)C(F)(F)F. The fourth-order valence-electron chi connectivity index (χ4n) is 1.54. The maximum Gasteiger partial charge on any atom is 0.443 e. The molecular weight excluding hydrogens is 355 g/mol. The first kappa shape index (κ1) is 21.5. The zero-order valence-electron chi connectivity index (χ0n) is 11.5. The van der Waals surface area contributed by atoms with Gasteiger partial charge in [0.05, 0.1) is 0 Å². The molecule has 0 radical (unpaired) electrons. The number of hydrogen-bond acceptors (Lipinski definition) is 1. The lowest BCUT2D eigenvalue weighted by Crippen LogP contribution is -2.32. The Morgan fingerprint density at radius 3 is 1.22 bits per heavy atom. The van der Waals surface area contributed by atoms with Crippen LogP contribution in [-0.4, -0.2) is 36.5 Å². The molecule has 0 fully saturated rings. The minimum atomic E-state index is -6.42. The highest BCUT2D eigenvalue weighted by molar-refractivity contribution is 5.43. The van der Waals surface area contributed by atoms with E-state index >= 15 is 0 Å². The largest absolute Gasteiger partial charge is 0.443 e. The molecule has 0 saturated heterocycles. The number of allylic oxidation sites excluding steroid dienone is 3. The summed E-state index contributed by atoms with van der Waals surface area (Å²) in [6.07, 6.45) is -19.0. The summed E-state index contributed by atoms with van der Waals surface area (Å²) in [5.74, 6) is -6.71. The average Bonchev–Trinajstić information content (AvgIpc) is 2.31. The van der Waals surface area contributed by atoms with Crippen LogP contribution in [0.2, 0.25) is 0 Å². The average molecular weight is 365 g/mol. The van der Waals surface area contributed by atoms with Gasteiger partial charge in [0.25, 0.3) is 0 Å². The fraction of sp³-hybridized carbons (Fsp3) is 0.636. The number of hydrogen-bond donors (Lipinski definition) is 0. The third-order valence-electron chi connectivity index (χ3n) is 2.53. The van der Waals surface area contributed by atoms with Gasteiger partial charge in [0.15, 0.2) is 0 Å². The van der Waals surface area contributed by atoms with Crippen LogP contribution in [0.15, 0.2) is 22.9 Å². The topological polar surface area (TPSA) is 3.24 Å². The zero-order valence-corrected chi connectivity index (χ0v) is 11.5. The van der Waals surface area contributed by atoms with Gasteiger partial charge in [-0.1, -0.05) is 0 Å². The van der Waals surface area contributed by atoms with Gasteiger partial charge >= 0.3 is 18.5 Å². The molecule has 12 heteroatoms. The Kier molecular flexibility index (Phi) is 6.50. The van der Waals surface area contributed by atoms with E-state index in [0.717, 1.165) is 13.8 Å². The minimum absolute atomic E-state index is 0.0816. The van der Waals surface area contributed by atoms with Gasteiger partial charge in [-0.3, -0.25) is 0 Å². The molecule has 0 spiro atoms. The molecule has 0 bridgehead atoms. The molecule has 23 heavy (non-hydrogen) atoms. The molecule has 0 aromatic rings. The second-order valence-corrected chi connectivity index (χ2v) is 4.02. The van der Waals surface area contributed by atoms with Crippen molar-refractivity contribution in [2.45, 2.75) is 32.4 Å². The van der Waals surface area contributed by atoms with E-state index in [1.54, 1.807) is 0 Å². The number of rotatable bonds is 4. The van der Waals surface area contributed by atoms with Crippen LogP contribution in [0.3, 0.4) is 0 Å². The smallest absolute Gasteiger partial charge is 0.349 e. The van der Waals surface area contributed by atoms with Crippen molar-refractivity contribution in [3.05, 3.63) is 22.9 Å². The maximum absolute atomic E-state index is 13.8. The second kappa shape index (κ2) is 6.95. The summed E-state index contributed by atoms with van der Waals surface area (Å²) in [7, 11) is 0. The molecule has 0 aromatic heterocycles. The molecule has 0 heterocycles. The molecule has 0 unspecified atom stereocenters. The summed E-state index contributed by atoms with van der Waals surface area (Å²) < 4.78 is 139. The predicted molar refractivity (Wildman–Crippen MR) is 57.4 cm³/mol. The van der Waals surface area contributed by atoms with Crippen molar-refractivity contribution in [3.63, 3.8) is 0 Å². The molecule has 0 saturated carbocycles. The molecule has 0 aliphatic heterocycles. The van der Waals surface area contributed by atoms with Crippen LogP contribution in [0.25, 0.3) is 0 Å². The lowest BCUT2D eigenvalue weighted by atomic mass is 10.0. The summed E-state index contributed by atoms with van der Waals surface area (Å²) in [5.41, 5.74) is -7.11. The molecule has 136 valence electrons. The fourth-order valence-corrected chi connectivity index (χ4v) is 1.54. The highest BCUT2D eigenvalue weighted by Gasteiger charge is 2.55. The Balaban J connectivity index is 6.86. The highest BCUT2D eigenvalue weighted by atomic mass is 19.4. The van der Waals surface area contributed by atoms with Crippen LogP contribution >= 0.6 is 0 Å². The van der Waals surface area contributed by atoms with Gasteiger partial charge < -0.3 is 4.90 Å². The summed E-state index contributed by atoms with van der Waals surface area (Å²) in [5, 5.41) is 0. The molecule has 0 aliphatic rings. The standard InChI is InChI=1S/C11H10F11N/c1-3-23(4-2)8(13)6(10(17,18)19)5(9(14,15)16)7(12)11(20,21)22/h3-4H2,1-2H3/b7-5+,8-6+. The van der Waals surface area contributed by atoms with Gasteiger partial charge in [0, 0.05) is 13.1 Å². The van der Waals surface area contributed by atoms with E-state index in [1.807, 2.05) is 0 Å². The summed E-state index contributed by atoms with van der Waals surface area (Å²) >= 11 is 0. The summed E-state index contributed by atoms with van der Waals surface area (Å²) in [6, 6.07) is 0. The molecule has 1 nitrogen and oxygen atoms in total. The van der Waals surface area contributed by atoms with Gasteiger partial charge in [0.2, 0.25) is 11.8 Å². The Labute approximate surface area is 123 Å². The monoisotopic (exact) mass is 365 g/mol. The van der Waals surface area contributed by atoms with Crippen molar-refractivity contribution in [1.82, 2.24) is 4.90 Å². The van der Waals surface area contributed by atoms with Gasteiger partial charge in [-0.15, -0.1) is 0 Å². The number of nitrogens with zero attached hydrogens (tertiary/aromatic N) is 1. The van der Waals surface area contributed by atoms with E-state index in [0.29, 0.717) is 0 Å². The molecule has 0 amide bonds. The van der Waals surface area contributed by atoms with E-state index in [9.17, 15) is 48.3 Å². The van der Waals surface area contributed by atoms with Crippen molar-refractivity contribution in [2.24, 2.45) is 0 Å². The third kappa shape index (κ3) is 5.27. The second-order valence-electron chi connectivity index (χ2n) is 4.02. The van der Waals surface area contributed by atoms with Gasteiger partial charge in [0.1, 0.15) is 11.1 Å². The van der Waals surface area contributed by atoms with Gasteiger partial charge in [-0.25, -0.2) is 4.39 Å². The normalized spacial score (nSPS) is 16.0. The molecule has 0 aromatic carbocycles. The molecule has 0 aliphatic carbocycles. The van der Waals surface area contributed by atoms with Crippen molar-refractivity contribution < 1.29 is 48.3 Å². The summed E-state index contributed by atoms with van der Waals surface area (Å²) in [4.78, 5) is 0.0816. The lowest BCUT2D eigenvalue weighted by Gasteiger charge is -2.25. The van der Waals surface area contributed by atoms with E-state index in [-0.39, 0.29) is 4.90 Å². The third-order valence-corrected chi connectivity index (χ3v) is 2.53. The summed E-state index contributed by atoms with van der Waals surface area (Å²) in [6.45, 7) is 0.934. The predicted octanol–water partition coefficient (Wildman–Crippen LogP) is 5.42. The van der Waals surface area contributed by atoms with Crippen LogP contribution < -0.4 is 0 Å². The molecule has 0 rings (SSSR count). The Morgan fingerprint density at radius 1 is 0.652 bits per heavy atom. The minimum Gasteiger partial charge on any atom is -0.349 e. The first-order chi connectivity index (χ1) is 10.1. The highest BCUT2D eigenvalue weighted by Crippen LogP contribution is 2.47. The van der Waals surface area contributed by atoms with Crippen molar-refractivity contribution in [2.75, 3.05) is 13.1 Å². The van der Waals surface area contributed by atoms with E-state index in [1.165, 1.54) is 0 Å². The van der Waals surface area contributed by atoms with Gasteiger partial charge in [-0.2, -0.15) is 43.9 Å². The van der Waals surface area contributed by atoms with Gasteiger partial charge in [-0.05, 0) is 13.8 Å². The van der Waals surface area contributed by atoms with Crippen molar-refractivity contribution >= 4 is 0 Å². The molecule has 0 atom stereocenters. The lowest BCUT2D eigenvalue weighted by molar-refractivity contribution is -0.138. The Hall–Kier alpha value is -1.49. The van der Waals surface area contributed by atoms with Crippen LogP contribution in [0.1, 0.15) is 13.8 Å². The first-order valence-electron chi connectivity index (χ1n) is 5.85. The zero-order chi connectivity index (χ0) is 18.8. The van der Waals surface area contributed by atoms with Crippen LogP contribution in [0.5, 0.6) is 0 Å². The maximum atomic E-state index is 13.8. The van der Waals surface area contributed by atoms with E-state index in [4.69, 9.17) is 0 Å². The van der Waals surface area contributed by atoms with E-state index in [2.05, 4.69) is 0 Å². The van der Waals surface area contributed by atoms with Crippen LogP contribution in [0, 0.1) is 0 Å². The quantitative estimate of drug-likeness (QED) is 0.365. The van der Waals surface area contributed by atoms with Crippen LogP contribution in [0.4, 0.5) is 48.3 Å². The van der Waals surface area contributed by atoms with Crippen molar-refractivity contribution in [1.29, 1.82) is 0 Å². The Bertz CT molecular complexity index is 474.